The van der Waals surface area contributed by atoms with Gasteiger partial charge in [-0.15, -0.1) is 16.4 Å². The molecule has 0 fully saturated rings. The van der Waals surface area contributed by atoms with Crippen LogP contribution in [0.1, 0.15) is 19.8 Å². The molecule has 7 nitrogen and oxygen atoms in total. The summed E-state index contributed by atoms with van der Waals surface area (Å²) in [5, 5.41) is 7.00. The largest absolute Gasteiger partial charge is 0.466 e. The lowest BCUT2D eigenvalue weighted by molar-refractivity contribution is -0.123. The first-order valence-corrected chi connectivity index (χ1v) is 10.1. The average Bonchev–Trinajstić information content (AvgIpc) is 3.13. The van der Waals surface area contributed by atoms with Crippen molar-refractivity contribution in [3.05, 3.63) is 58.1 Å². The maximum absolute atomic E-state index is 12.0. The van der Waals surface area contributed by atoms with Gasteiger partial charge < -0.3 is 9.30 Å². The number of hydrogen-bond donors (Lipinski definition) is 1. The average molecular weight is 418 g/mol. The van der Waals surface area contributed by atoms with Crippen molar-refractivity contribution in [3.8, 4) is 17.1 Å². The summed E-state index contributed by atoms with van der Waals surface area (Å²) in [5.41, 5.74) is 4.63. The highest BCUT2D eigenvalue weighted by Crippen LogP contribution is 2.22. The number of rotatable bonds is 8. The van der Waals surface area contributed by atoms with Gasteiger partial charge in [0.15, 0.2) is 6.61 Å². The molecule has 1 amide bonds. The molecule has 0 unspecified atom stereocenters. The van der Waals surface area contributed by atoms with E-state index < -0.39 is 0 Å². The third-order valence-corrected chi connectivity index (χ3v) is 4.96. The Bertz CT molecular complexity index is 970. The first-order chi connectivity index (χ1) is 13.7. The van der Waals surface area contributed by atoms with Crippen LogP contribution in [0, 0.1) is 0 Å². The molecule has 1 aromatic carbocycles. The molecule has 9 heteroatoms. The van der Waals surface area contributed by atoms with Gasteiger partial charge in [0.05, 0.1) is 11.9 Å². The molecule has 0 bridgehead atoms. The van der Waals surface area contributed by atoms with E-state index in [1.807, 2.05) is 29.6 Å². The summed E-state index contributed by atoms with van der Waals surface area (Å²) in [5.74, 6) is -0.0778. The molecule has 28 heavy (non-hydrogen) atoms. The zero-order valence-corrected chi connectivity index (χ0v) is 16.9. The molecule has 146 valence electrons. The predicted molar refractivity (Wildman–Crippen MR) is 109 cm³/mol. The van der Waals surface area contributed by atoms with Gasteiger partial charge >= 0.3 is 0 Å². The summed E-state index contributed by atoms with van der Waals surface area (Å²) in [4.78, 5) is 20.6. The molecule has 0 radical (unpaired) electrons. The molecular formula is C19H20ClN5O2S. The molecule has 0 aliphatic heterocycles. The highest BCUT2D eigenvalue weighted by Gasteiger charge is 2.09. The topological polar surface area (TPSA) is 81.4 Å². The van der Waals surface area contributed by atoms with Crippen LogP contribution in [0.25, 0.3) is 11.3 Å². The van der Waals surface area contributed by atoms with Crippen LogP contribution in [0.2, 0.25) is 5.02 Å². The lowest BCUT2D eigenvalue weighted by atomic mass is 10.1. The molecule has 3 aromatic rings. The molecule has 0 aliphatic rings. The summed E-state index contributed by atoms with van der Waals surface area (Å²) in [6.45, 7) is 2.76. The van der Waals surface area contributed by atoms with Gasteiger partial charge in [-0.05, 0) is 24.1 Å². The van der Waals surface area contributed by atoms with E-state index in [4.69, 9.17) is 16.3 Å². The van der Waals surface area contributed by atoms with E-state index in [9.17, 15) is 4.79 Å². The van der Waals surface area contributed by atoms with Crippen molar-refractivity contribution in [2.75, 3.05) is 6.61 Å². The molecule has 3 rings (SSSR count). The number of halogens is 1. The number of carbonyl (C=O) groups is 1. The van der Waals surface area contributed by atoms with Gasteiger partial charge in [-0.3, -0.25) is 9.78 Å². The van der Waals surface area contributed by atoms with Crippen molar-refractivity contribution in [2.24, 2.45) is 5.10 Å². The van der Waals surface area contributed by atoms with Gasteiger partial charge in [-0.1, -0.05) is 37.1 Å². The fourth-order valence-corrected chi connectivity index (χ4v) is 3.47. The third-order valence-electron chi connectivity index (χ3n) is 3.84. The van der Waals surface area contributed by atoms with Crippen molar-refractivity contribution in [3.63, 3.8) is 0 Å². The second-order valence-electron chi connectivity index (χ2n) is 5.89. The van der Waals surface area contributed by atoms with Gasteiger partial charge in [0.1, 0.15) is 0 Å². The quantitative estimate of drug-likeness (QED) is 0.569. The standard InChI is InChI=1S/C19H20ClN5O2S/c1-2-3-10-25-16(14-4-6-15(20)7-5-14)13-28-19(25)24-23-17(26)12-27-18-11-21-8-9-22-18/h4-9,11,13H,2-3,10,12H2,1H3,(H,23,26)/b24-19-. The van der Waals surface area contributed by atoms with E-state index in [0.29, 0.717) is 9.82 Å². The Morgan fingerprint density at radius 1 is 1.32 bits per heavy atom. The van der Waals surface area contributed by atoms with E-state index in [0.717, 1.165) is 30.6 Å². The van der Waals surface area contributed by atoms with Crippen molar-refractivity contribution < 1.29 is 9.53 Å². The molecule has 0 atom stereocenters. The van der Waals surface area contributed by atoms with E-state index >= 15 is 0 Å². The van der Waals surface area contributed by atoms with Crippen LogP contribution in [0.4, 0.5) is 0 Å². The van der Waals surface area contributed by atoms with E-state index in [2.05, 4.69) is 32.0 Å². The number of carbonyl (C=O) groups excluding carboxylic acids is 1. The molecule has 0 saturated heterocycles. The first-order valence-electron chi connectivity index (χ1n) is 8.83. The Labute approximate surface area is 171 Å². The SMILES string of the molecule is CCCCn1c(-c2ccc(Cl)cc2)cs/c1=N\NC(=O)COc1cnccn1. The minimum Gasteiger partial charge on any atom is -0.466 e. The molecule has 1 N–H and O–H groups in total. The maximum Gasteiger partial charge on any atom is 0.278 e. The van der Waals surface area contributed by atoms with Crippen LogP contribution in [-0.4, -0.2) is 27.0 Å². The molecular weight excluding hydrogens is 398 g/mol. The minimum atomic E-state index is -0.367. The van der Waals surface area contributed by atoms with Crippen molar-refractivity contribution in [2.45, 2.75) is 26.3 Å². The molecule has 2 aromatic heterocycles. The van der Waals surface area contributed by atoms with Gasteiger partial charge in [0.2, 0.25) is 10.7 Å². The Morgan fingerprint density at radius 2 is 2.14 bits per heavy atom. The van der Waals surface area contributed by atoms with Crippen molar-refractivity contribution in [1.82, 2.24) is 20.0 Å². The van der Waals surface area contributed by atoms with Gasteiger partial charge in [-0.25, -0.2) is 10.4 Å². The summed E-state index contributed by atoms with van der Waals surface area (Å²) in [6.07, 6.45) is 6.54. The molecule has 0 spiro atoms. The van der Waals surface area contributed by atoms with Crippen molar-refractivity contribution >= 4 is 28.8 Å². The summed E-state index contributed by atoms with van der Waals surface area (Å²) < 4.78 is 7.37. The summed E-state index contributed by atoms with van der Waals surface area (Å²) >= 11 is 7.46. The van der Waals surface area contributed by atoms with E-state index in [-0.39, 0.29) is 18.4 Å². The first kappa shape index (κ1) is 20.0. The van der Waals surface area contributed by atoms with Crippen LogP contribution in [0.15, 0.2) is 53.3 Å². The zero-order valence-electron chi connectivity index (χ0n) is 15.3. The lowest BCUT2D eigenvalue weighted by Crippen LogP contribution is -2.28. The van der Waals surface area contributed by atoms with Crippen LogP contribution in [-0.2, 0) is 11.3 Å². The summed E-state index contributed by atoms with van der Waals surface area (Å²) in [6, 6.07) is 7.68. The third kappa shape index (κ3) is 5.40. The number of unbranched alkanes of at least 4 members (excludes halogenated alkanes) is 1. The Kier molecular flexibility index (Phi) is 7.16. The maximum atomic E-state index is 12.0. The van der Waals surface area contributed by atoms with Crippen LogP contribution in [0.3, 0.4) is 0 Å². The number of amides is 1. The fraction of sp³-hybridized carbons (Fsp3) is 0.263. The Hall–Kier alpha value is -2.71. The Balaban J connectivity index is 1.74. The fourth-order valence-electron chi connectivity index (χ4n) is 2.44. The van der Waals surface area contributed by atoms with Crippen LogP contribution < -0.4 is 15.0 Å². The lowest BCUT2D eigenvalue weighted by Gasteiger charge is -2.09. The van der Waals surface area contributed by atoms with Crippen molar-refractivity contribution in [1.29, 1.82) is 0 Å². The van der Waals surface area contributed by atoms with Crippen LogP contribution >= 0.6 is 22.9 Å². The normalized spacial score (nSPS) is 11.4. The van der Waals surface area contributed by atoms with E-state index in [1.165, 1.54) is 29.9 Å². The number of aromatic nitrogens is 3. The number of ether oxygens (including phenoxy) is 1. The van der Waals surface area contributed by atoms with Gasteiger partial charge in [0.25, 0.3) is 5.91 Å². The molecule has 0 aliphatic carbocycles. The monoisotopic (exact) mass is 417 g/mol. The number of nitrogens with one attached hydrogen (secondary N) is 1. The number of benzene rings is 1. The van der Waals surface area contributed by atoms with E-state index in [1.54, 1.807) is 0 Å². The zero-order chi connectivity index (χ0) is 19.8. The molecule has 2 heterocycles. The molecule has 0 saturated carbocycles. The minimum absolute atomic E-state index is 0.188. The number of hydrogen-bond acceptors (Lipinski definition) is 6. The smallest absolute Gasteiger partial charge is 0.278 e. The number of thiazole rings is 1. The second kappa shape index (κ2) is 10.0. The predicted octanol–water partition coefficient (Wildman–Crippen LogP) is 3.47. The Morgan fingerprint density at radius 3 is 2.86 bits per heavy atom. The highest BCUT2D eigenvalue weighted by molar-refractivity contribution is 7.07. The number of nitrogens with zero attached hydrogens (tertiary/aromatic N) is 4. The highest BCUT2D eigenvalue weighted by atomic mass is 35.5. The van der Waals surface area contributed by atoms with Gasteiger partial charge in [0, 0.05) is 29.3 Å². The van der Waals surface area contributed by atoms with Crippen LogP contribution in [0.5, 0.6) is 5.88 Å². The van der Waals surface area contributed by atoms with Gasteiger partial charge in [-0.2, -0.15) is 0 Å². The summed E-state index contributed by atoms with van der Waals surface area (Å²) in [7, 11) is 0. The second-order valence-corrected chi connectivity index (χ2v) is 7.17.